The lowest BCUT2D eigenvalue weighted by Gasteiger charge is -2.43. The molecule has 4 amide bonds. The first-order valence-electron chi connectivity index (χ1n) is 15.3. The smallest absolute Gasteiger partial charge is 0.407 e. The summed E-state index contributed by atoms with van der Waals surface area (Å²) in [5, 5.41) is 5.70. The number of likely N-dealkylation sites (tertiary alicyclic amines) is 2. The van der Waals surface area contributed by atoms with Crippen LogP contribution in [0.3, 0.4) is 0 Å². The second kappa shape index (κ2) is 13.7. The lowest BCUT2D eigenvalue weighted by Crippen LogP contribution is -2.62. The lowest BCUT2D eigenvalue weighted by molar-refractivity contribution is -0.139. The summed E-state index contributed by atoms with van der Waals surface area (Å²) >= 11 is 0. The average Bonchev–Trinajstić information content (AvgIpc) is 2.99. The highest BCUT2D eigenvalue weighted by molar-refractivity contribution is 5.79. The number of rotatable bonds is 6. The van der Waals surface area contributed by atoms with E-state index in [0.29, 0.717) is 39.3 Å². The number of para-hydroxylation sites is 1. The fraction of sp³-hybridized carbons (Fsp3) is 0.545. The first-order valence-corrected chi connectivity index (χ1v) is 15.3. The predicted octanol–water partition coefficient (Wildman–Crippen LogP) is 4.12. The third-order valence-electron chi connectivity index (χ3n) is 8.16. The largest absolute Gasteiger partial charge is 0.491 e. The summed E-state index contributed by atoms with van der Waals surface area (Å²) in [4.78, 5) is 40.6. The van der Waals surface area contributed by atoms with E-state index in [9.17, 15) is 14.4 Å². The zero-order valence-corrected chi connectivity index (χ0v) is 25.5. The van der Waals surface area contributed by atoms with Crippen LogP contribution in [0.4, 0.5) is 9.59 Å². The number of hydrogen-bond donors (Lipinski definition) is 2. The monoisotopic (exact) mass is 592 g/mol. The van der Waals surface area contributed by atoms with Crippen LogP contribution in [-0.2, 0) is 20.7 Å². The van der Waals surface area contributed by atoms with Crippen molar-refractivity contribution in [2.45, 2.75) is 70.6 Å². The van der Waals surface area contributed by atoms with Gasteiger partial charge in [-0.3, -0.25) is 4.79 Å². The summed E-state index contributed by atoms with van der Waals surface area (Å²) < 4.78 is 16.9. The number of amides is 4. The number of ether oxygens (including phenoxy) is 3. The third-order valence-corrected chi connectivity index (χ3v) is 8.16. The molecule has 1 aliphatic carbocycles. The number of nitrogens with one attached hydrogen (secondary N) is 2. The maximum Gasteiger partial charge on any atom is 0.407 e. The molecule has 5 rings (SSSR count). The fourth-order valence-corrected chi connectivity index (χ4v) is 5.98. The molecule has 10 heteroatoms. The second-order valence-electron chi connectivity index (χ2n) is 12.5. The van der Waals surface area contributed by atoms with Gasteiger partial charge in [-0.2, -0.15) is 0 Å². The fourth-order valence-electron chi connectivity index (χ4n) is 5.98. The lowest BCUT2D eigenvalue weighted by atomic mass is 9.90. The van der Waals surface area contributed by atoms with Crippen molar-refractivity contribution >= 4 is 18.0 Å². The molecule has 3 aliphatic heterocycles. The molecule has 43 heavy (non-hydrogen) atoms. The van der Waals surface area contributed by atoms with Crippen LogP contribution in [0.5, 0.6) is 5.75 Å². The second-order valence-corrected chi connectivity index (χ2v) is 12.5. The van der Waals surface area contributed by atoms with Crippen LogP contribution in [0.15, 0.2) is 59.2 Å². The van der Waals surface area contributed by atoms with E-state index >= 15 is 0 Å². The molecule has 4 aliphatic rings. The van der Waals surface area contributed by atoms with Crippen LogP contribution in [0.1, 0.15) is 52.0 Å². The van der Waals surface area contributed by atoms with E-state index in [4.69, 9.17) is 14.2 Å². The van der Waals surface area contributed by atoms with Gasteiger partial charge in [0.2, 0.25) is 5.91 Å². The Morgan fingerprint density at radius 2 is 1.88 bits per heavy atom. The number of urea groups is 1. The SMILES string of the molecule is CC(C)(C)OC(=O)NCCOc1ccccc1CC1=CCC(=C2CCN(C(=O)N3CC[C@@H]4OCC(=O)N[C@@H]4C3)CC2)C=C1. The number of benzene rings is 1. The van der Waals surface area contributed by atoms with Gasteiger partial charge >= 0.3 is 12.1 Å². The molecule has 0 spiro atoms. The minimum absolute atomic E-state index is 0.00426. The van der Waals surface area contributed by atoms with Gasteiger partial charge in [0.25, 0.3) is 0 Å². The normalized spacial score (nSPS) is 22.4. The van der Waals surface area contributed by atoms with Crippen molar-refractivity contribution in [1.29, 1.82) is 0 Å². The molecule has 232 valence electrons. The molecule has 0 radical (unpaired) electrons. The Labute approximate surface area is 254 Å². The van der Waals surface area contributed by atoms with Crippen LogP contribution in [0, 0.1) is 0 Å². The molecular formula is C33H44N4O6. The average molecular weight is 593 g/mol. The molecule has 3 heterocycles. The Hall–Kier alpha value is -3.79. The minimum atomic E-state index is -0.532. The number of alkyl carbamates (subject to hydrolysis) is 1. The molecule has 0 unspecified atom stereocenters. The molecule has 10 nitrogen and oxygen atoms in total. The van der Waals surface area contributed by atoms with Gasteiger partial charge in [-0.15, -0.1) is 0 Å². The van der Waals surface area contributed by atoms with Crippen molar-refractivity contribution in [2.24, 2.45) is 0 Å². The van der Waals surface area contributed by atoms with E-state index in [0.717, 1.165) is 43.4 Å². The number of morpholine rings is 1. The van der Waals surface area contributed by atoms with Crippen molar-refractivity contribution in [1.82, 2.24) is 20.4 Å². The highest BCUT2D eigenvalue weighted by Crippen LogP contribution is 2.30. The predicted molar refractivity (Wildman–Crippen MR) is 163 cm³/mol. The van der Waals surface area contributed by atoms with Crippen molar-refractivity contribution in [2.75, 3.05) is 45.9 Å². The van der Waals surface area contributed by atoms with E-state index in [2.05, 4.69) is 34.9 Å². The summed E-state index contributed by atoms with van der Waals surface area (Å²) in [7, 11) is 0. The van der Waals surface area contributed by atoms with E-state index in [1.807, 2.05) is 48.8 Å². The van der Waals surface area contributed by atoms with E-state index < -0.39 is 11.7 Å². The van der Waals surface area contributed by atoms with Crippen LogP contribution in [-0.4, -0.2) is 91.5 Å². The number of piperidine rings is 2. The number of carbonyl (C=O) groups is 3. The Morgan fingerprint density at radius 1 is 1.09 bits per heavy atom. The quantitative estimate of drug-likeness (QED) is 0.481. The number of fused-ring (bicyclic) bond motifs is 1. The summed E-state index contributed by atoms with van der Waals surface area (Å²) in [5.41, 5.74) is 4.57. The zero-order valence-electron chi connectivity index (χ0n) is 25.5. The molecule has 0 saturated carbocycles. The molecule has 0 bridgehead atoms. The van der Waals surface area contributed by atoms with Gasteiger partial charge in [0, 0.05) is 32.6 Å². The van der Waals surface area contributed by atoms with Gasteiger partial charge in [0.05, 0.1) is 18.7 Å². The standard InChI is InChI=1S/C33H44N4O6/c1-33(2,3)43-31(39)34-15-19-41-28-7-5-4-6-26(28)20-23-8-10-24(11-9-23)25-12-16-36(17-13-25)32(40)37-18-14-29-27(21-37)35-30(38)22-42-29/h4-10,27,29H,11-22H2,1-3H3,(H,34,39)(H,35,38)/t27-,29+/m1/s1. The summed E-state index contributed by atoms with van der Waals surface area (Å²) in [6.07, 6.45) is 10.4. The summed E-state index contributed by atoms with van der Waals surface area (Å²) in [6, 6.07) is 7.94. The van der Waals surface area contributed by atoms with Gasteiger partial charge in [-0.1, -0.05) is 42.0 Å². The van der Waals surface area contributed by atoms with Crippen molar-refractivity contribution in [3.63, 3.8) is 0 Å². The summed E-state index contributed by atoms with van der Waals surface area (Å²) in [5.74, 6) is 0.705. The molecule has 1 aromatic rings. The van der Waals surface area contributed by atoms with Crippen molar-refractivity contribution in [3.05, 3.63) is 64.8 Å². The Bertz CT molecular complexity index is 1290. The number of carbonyl (C=O) groups excluding carboxylic acids is 3. The summed E-state index contributed by atoms with van der Waals surface area (Å²) in [6.45, 7) is 8.92. The number of nitrogens with zero attached hydrogens (tertiary/aromatic N) is 2. The molecule has 1 aromatic carbocycles. The topological polar surface area (TPSA) is 109 Å². The molecular weight excluding hydrogens is 548 g/mol. The van der Waals surface area contributed by atoms with Gasteiger partial charge in [-0.05, 0) is 69.2 Å². The van der Waals surface area contributed by atoms with Crippen LogP contribution in [0.25, 0.3) is 0 Å². The molecule has 3 fully saturated rings. The Morgan fingerprint density at radius 3 is 2.63 bits per heavy atom. The number of allylic oxidation sites excluding steroid dienone is 5. The first kappa shape index (κ1) is 30.7. The molecule has 2 atom stereocenters. The van der Waals surface area contributed by atoms with Crippen LogP contribution in [0.2, 0.25) is 0 Å². The third kappa shape index (κ3) is 8.40. The van der Waals surface area contributed by atoms with Gasteiger partial charge in [-0.25, -0.2) is 9.59 Å². The Kier molecular flexibility index (Phi) is 9.75. The molecule has 0 aromatic heterocycles. The zero-order chi connectivity index (χ0) is 30.4. The minimum Gasteiger partial charge on any atom is -0.491 e. The van der Waals surface area contributed by atoms with E-state index in [1.165, 1.54) is 16.7 Å². The Balaban J connectivity index is 1.08. The highest BCUT2D eigenvalue weighted by Gasteiger charge is 2.37. The van der Waals surface area contributed by atoms with Crippen molar-refractivity contribution < 1.29 is 28.6 Å². The van der Waals surface area contributed by atoms with Crippen LogP contribution < -0.4 is 15.4 Å². The highest BCUT2D eigenvalue weighted by atomic mass is 16.6. The van der Waals surface area contributed by atoms with Crippen molar-refractivity contribution in [3.8, 4) is 5.75 Å². The molecule has 3 saturated heterocycles. The van der Waals surface area contributed by atoms with E-state index in [1.54, 1.807) is 0 Å². The van der Waals surface area contributed by atoms with Gasteiger partial charge in [0.15, 0.2) is 0 Å². The first-order chi connectivity index (χ1) is 20.6. The number of hydrogen-bond acceptors (Lipinski definition) is 6. The maximum atomic E-state index is 13.2. The maximum absolute atomic E-state index is 13.2. The van der Waals surface area contributed by atoms with E-state index in [-0.39, 0.29) is 30.7 Å². The molecule has 2 N–H and O–H groups in total. The van der Waals surface area contributed by atoms with Gasteiger partial charge < -0.3 is 34.6 Å². The van der Waals surface area contributed by atoms with Gasteiger partial charge in [0.1, 0.15) is 24.6 Å². The van der Waals surface area contributed by atoms with Crippen LogP contribution >= 0.6 is 0 Å².